The van der Waals surface area contributed by atoms with E-state index in [4.69, 9.17) is 9.47 Å². The first kappa shape index (κ1) is 16.6. The predicted octanol–water partition coefficient (Wildman–Crippen LogP) is 1.75. The maximum absolute atomic E-state index is 12.0. The third kappa shape index (κ3) is 4.37. The van der Waals surface area contributed by atoms with Gasteiger partial charge in [0.2, 0.25) is 5.91 Å². The van der Waals surface area contributed by atoms with Crippen molar-refractivity contribution in [1.29, 1.82) is 0 Å². The minimum Gasteiger partial charge on any atom is -0.493 e. The molecule has 5 heteroatoms. The van der Waals surface area contributed by atoms with Gasteiger partial charge in [-0.15, -0.1) is 0 Å². The second-order valence-corrected chi connectivity index (χ2v) is 5.89. The Balaban J connectivity index is 1.83. The number of amides is 1. The van der Waals surface area contributed by atoms with E-state index in [0.29, 0.717) is 12.5 Å². The van der Waals surface area contributed by atoms with Gasteiger partial charge < -0.3 is 20.1 Å². The molecule has 1 amide bonds. The monoisotopic (exact) mass is 306 g/mol. The summed E-state index contributed by atoms with van der Waals surface area (Å²) in [6.45, 7) is 3.77. The van der Waals surface area contributed by atoms with Crippen molar-refractivity contribution in [2.45, 2.75) is 32.2 Å². The van der Waals surface area contributed by atoms with Gasteiger partial charge in [-0.1, -0.05) is 13.0 Å². The lowest BCUT2D eigenvalue weighted by atomic mass is 10.0. The van der Waals surface area contributed by atoms with E-state index in [0.717, 1.165) is 37.3 Å². The van der Waals surface area contributed by atoms with Crippen molar-refractivity contribution in [3.05, 3.63) is 23.8 Å². The SMILES string of the molecule is COc1ccc(CC(C)CNC(=O)C2CCCN2)cc1OC. The standard InChI is InChI=1S/C17H26N2O3/c1-12(11-19-17(20)14-5-4-8-18-14)9-13-6-7-15(21-2)16(10-13)22-3/h6-7,10,12,14,18H,4-5,8-9,11H2,1-3H3,(H,19,20). The molecule has 1 aromatic rings. The molecular weight excluding hydrogens is 280 g/mol. The molecule has 0 aromatic heterocycles. The third-order valence-corrected chi connectivity index (χ3v) is 4.03. The summed E-state index contributed by atoms with van der Waals surface area (Å²) in [5.74, 6) is 1.96. The lowest BCUT2D eigenvalue weighted by Crippen LogP contribution is -2.42. The number of methoxy groups -OCH3 is 2. The van der Waals surface area contributed by atoms with E-state index in [1.165, 1.54) is 5.56 Å². The molecule has 22 heavy (non-hydrogen) atoms. The van der Waals surface area contributed by atoms with Crippen molar-refractivity contribution in [3.8, 4) is 11.5 Å². The Morgan fingerprint density at radius 1 is 1.36 bits per heavy atom. The Morgan fingerprint density at radius 3 is 2.77 bits per heavy atom. The Bertz CT molecular complexity index is 499. The van der Waals surface area contributed by atoms with E-state index >= 15 is 0 Å². The minimum atomic E-state index is -0.00622. The molecule has 0 saturated carbocycles. The lowest BCUT2D eigenvalue weighted by molar-refractivity contribution is -0.122. The van der Waals surface area contributed by atoms with Crippen LogP contribution in [0.4, 0.5) is 0 Å². The van der Waals surface area contributed by atoms with Crippen LogP contribution in [-0.2, 0) is 11.2 Å². The van der Waals surface area contributed by atoms with Gasteiger partial charge in [0, 0.05) is 6.54 Å². The van der Waals surface area contributed by atoms with Crippen LogP contribution >= 0.6 is 0 Å². The highest BCUT2D eigenvalue weighted by Gasteiger charge is 2.21. The third-order valence-electron chi connectivity index (χ3n) is 4.03. The summed E-state index contributed by atoms with van der Waals surface area (Å²) < 4.78 is 10.6. The summed E-state index contributed by atoms with van der Waals surface area (Å²) in [4.78, 5) is 12.0. The first-order chi connectivity index (χ1) is 10.6. The van der Waals surface area contributed by atoms with E-state index in [1.54, 1.807) is 14.2 Å². The van der Waals surface area contributed by atoms with Gasteiger partial charge in [-0.3, -0.25) is 4.79 Å². The maximum atomic E-state index is 12.0. The second kappa shape index (κ2) is 8.03. The molecule has 0 spiro atoms. The van der Waals surface area contributed by atoms with E-state index < -0.39 is 0 Å². The molecule has 1 heterocycles. The molecule has 1 aliphatic heterocycles. The van der Waals surface area contributed by atoms with E-state index in [2.05, 4.69) is 17.6 Å². The summed E-state index contributed by atoms with van der Waals surface area (Å²) in [6, 6.07) is 5.95. The number of nitrogens with one attached hydrogen (secondary N) is 2. The molecule has 0 bridgehead atoms. The maximum Gasteiger partial charge on any atom is 0.237 e. The van der Waals surface area contributed by atoms with Crippen LogP contribution in [0.15, 0.2) is 18.2 Å². The fourth-order valence-corrected chi connectivity index (χ4v) is 2.79. The smallest absolute Gasteiger partial charge is 0.237 e. The first-order valence-corrected chi connectivity index (χ1v) is 7.86. The molecule has 2 unspecified atom stereocenters. The molecule has 1 fully saturated rings. The molecule has 1 aliphatic rings. The van der Waals surface area contributed by atoms with E-state index in [9.17, 15) is 4.79 Å². The number of carbonyl (C=O) groups excluding carboxylic acids is 1. The molecule has 2 N–H and O–H groups in total. The molecule has 2 atom stereocenters. The highest BCUT2D eigenvalue weighted by Crippen LogP contribution is 2.28. The Morgan fingerprint density at radius 2 is 2.14 bits per heavy atom. The Hall–Kier alpha value is -1.75. The normalized spacial score (nSPS) is 18.8. The number of benzene rings is 1. The summed E-state index contributed by atoms with van der Waals surface area (Å²) in [6.07, 6.45) is 2.91. The van der Waals surface area contributed by atoms with Gasteiger partial charge in [-0.05, 0) is 49.4 Å². The summed E-state index contributed by atoms with van der Waals surface area (Å²) >= 11 is 0. The van der Waals surface area contributed by atoms with Crippen molar-refractivity contribution in [3.63, 3.8) is 0 Å². The lowest BCUT2D eigenvalue weighted by Gasteiger charge is -2.16. The quantitative estimate of drug-likeness (QED) is 0.806. The fourth-order valence-electron chi connectivity index (χ4n) is 2.79. The van der Waals surface area contributed by atoms with Gasteiger partial charge in [0.25, 0.3) is 0 Å². The number of ether oxygens (including phenoxy) is 2. The molecule has 1 aromatic carbocycles. The summed E-state index contributed by atoms with van der Waals surface area (Å²) in [5.41, 5.74) is 1.18. The van der Waals surface area contributed by atoms with Gasteiger partial charge in [0.1, 0.15) is 0 Å². The number of carbonyl (C=O) groups is 1. The molecule has 1 saturated heterocycles. The zero-order valence-corrected chi connectivity index (χ0v) is 13.6. The Labute approximate surface area is 132 Å². The molecule has 5 nitrogen and oxygen atoms in total. The number of hydrogen-bond donors (Lipinski definition) is 2. The first-order valence-electron chi connectivity index (χ1n) is 7.86. The number of rotatable bonds is 7. The molecular formula is C17H26N2O3. The van der Waals surface area contributed by atoms with Gasteiger partial charge in [0.15, 0.2) is 11.5 Å². The van der Waals surface area contributed by atoms with Crippen LogP contribution < -0.4 is 20.1 Å². The van der Waals surface area contributed by atoms with E-state index in [1.807, 2.05) is 18.2 Å². The summed E-state index contributed by atoms with van der Waals surface area (Å²) in [7, 11) is 3.27. The van der Waals surface area contributed by atoms with Crippen molar-refractivity contribution in [2.24, 2.45) is 5.92 Å². The van der Waals surface area contributed by atoms with Crippen LogP contribution in [0, 0.1) is 5.92 Å². The Kier molecular flexibility index (Phi) is 6.07. The second-order valence-electron chi connectivity index (χ2n) is 5.89. The van der Waals surface area contributed by atoms with Crippen molar-refractivity contribution >= 4 is 5.91 Å². The van der Waals surface area contributed by atoms with Gasteiger partial charge >= 0.3 is 0 Å². The molecule has 0 aliphatic carbocycles. The minimum absolute atomic E-state index is 0.00622. The predicted molar refractivity (Wildman–Crippen MR) is 86.4 cm³/mol. The van der Waals surface area contributed by atoms with Crippen molar-refractivity contribution in [1.82, 2.24) is 10.6 Å². The van der Waals surface area contributed by atoms with Crippen molar-refractivity contribution in [2.75, 3.05) is 27.3 Å². The zero-order chi connectivity index (χ0) is 15.9. The van der Waals surface area contributed by atoms with Crippen molar-refractivity contribution < 1.29 is 14.3 Å². The van der Waals surface area contributed by atoms with Gasteiger partial charge in [-0.25, -0.2) is 0 Å². The van der Waals surface area contributed by atoms with E-state index in [-0.39, 0.29) is 11.9 Å². The molecule has 122 valence electrons. The zero-order valence-electron chi connectivity index (χ0n) is 13.6. The topological polar surface area (TPSA) is 59.6 Å². The largest absolute Gasteiger partial charge is 0.493 e. The van der Waals surface area contributed by atoms with Gasteiger partial charge in [-0.2, -0.15) is 0 Å². The molecule has 0 radical (unpaired) electrons. The fraction of sp³-hybridized carbons (Fsp3) is 0.588. The highest BCUT2D eigenvalue weighted by atomic mass is 16.5. The summed E-state index contributed by atoms with van der Waals surface area (Å²) in [5, 5.41) is 6.25. The van der Waals surface area contributed by atoms with Crippen LogP contribution in [0.1, 0.15) is 25.3 Å². The van der Waals surface area contributed by atoms with Gasteiger partial charge in [0.05, 0.1) is 20.3 Å². The number of hydrogen-bond acceptors (Lipinski definition) is 4. The van der Waals surface area contributed by atoms with Crippen LogP contribution in [0.5, 0.6) is 11.5 Å². The molecule has 2 rings (SSSR count). The van der Waals surface area contributed by atoms with Crippen LogP contribution in [0.2, 0.25) is 0 Å². The highest BCUT2D eigenvalue weighted by molar-refractivity contribution is 5.81. The van der Waals surface area contributed by atoms with Crippen LogP contribution in [0.25, 0.3) is 0 Å². The average molecular weight is 306 g/mol. The van der Waals surface area contributed by atoms with Crippen LogP contribution in [-0.4, -0.2) is 39.3 Å². The van der Waals surface area contributed by atoms with Crippen LogP contribution in [0.3, 0.4) is 0 Å². The average Bonchev–Trinajstić information content (AvgIpc) is 3.07.